The van der Waals surface area contributed by atoms with Crippen LogP contribution in [0.15, 0.2) is 36.4 Å². The lowest BCUT2D eigenvalue weighted by atomic mass is 10.1. The lowest BCUT2D eigenvalue weighted by molar-refractivity contribution is 0.471. The molecule has 2 rings (SSSR count). The minimum absolute atomic E-state index is 0.0538. The minimum atomic E-state index is -0.0849. The van der Waals surface area contributed by atoms with Crippen LogP contribution in [0.5, 0.6) is 5.75 Å². The molecule has 0 bridgehead atoms. The van der Waals surface area contributed by atoms with Gasteiger partial charge in [0, 0.05) is 5.56 Å². The number of nitriles is 1. The number of aryl methyl sites for hydroxylation is 1. The van der Waals surface area contributed by atoms with Gasteiger partial charge in [-0.15, -0.1) is 0 Å². The van der Waals surface area contributed by atoms with E-state index in [1.54, 1.807) is 6.07 Å². The molecule has 0 aliphatic carbocycles. The Morgan fingerprint density at radius 2 is 1.81 bits per heavy atom. The van der Waals surface area contributed by atoms with Gasteiger partial charge in [-0.05, 0) is 19.1 Å². The molecule has 1 heterocycles. The highest BCUT2D eigenvalue weighted by Gasteiger charge is 2.05. The van der Waals surface area contributed by atoms with Crippen LogP contribution >= 0.6 is 0 Å². The molecular weight excluding hydrogens is 200 g/mol. The maximum Gasteiger partial charge on any atom is 0.182 e. The number of hydrogen-bond acceptors (Lipinski definition) is 3. The predicted molar refractivity (Wildman–Crippen MR) is 60.8 cm³/mol. The summed E-state index contributed by atoms with van der Waals surface area (Å²) in [6.45, 7) is 2.01. The molecule has 0 aliphatic heterocycles. The van der Waals surface area contributed by atoms with Crippen LogP contribution in [0, 0.1) is 18.3 Å². The van der Waals surface area contributed by atoms with Crippen molar-refractivity contribution in [1.29, 1.82) is 5.26 Å². The topological polar surface area (TPSA) is 56.9 Å². The van der Waals surface area contributed by atoms with Gasteiger partial charge in [0.2, 0.25) is 0 Å². The van der Waals surface area contributed by atoms with Crippen molar-refractivity contribution in [3.05, 3.63) is 47.7 Å². The van der Waals surface area contributed by atoms with E-state index < -0.39 is 0 Å². The molecule has 1 N–H and O–H groups in total. The zero-order valence-electron chi connectivity index (χ0n) is 8.81. The maximum absolute atomic E-state index is 9.34. The molecule has 3 heteroatoms. The first-order valence-electron chi connectivity index (χ1n) is 4.88. The van der Waals surface area contributed by atoms with Gasteiger partial charge in [-0.1, -0.05) is 29.8 Å². The molecular formula is C13H10N2O. The molecule has 0 atom stereocenters. The summed E-state index contributed by atoms with van der Waals surface area (Å²) in [7, 11) is 0. The molecule has 0 amide bonds. The first kappa shape index (κ1) is 10.2. The van der Waals surface area contributed by atoms with Crippen LogP contribution in [0.4, 0.5) is 0 Å². The van der Waals surface area contributed by atoms with E-state index in [0.717, 1.165) is 5.56 Å². The Labute approximate surface area is 93.6 Å². The zero-order chi connectivity index (χ0) is 11.5. The number of benzene rings is 1. The summed E-state index contributed by atoms with van der Waals surface area (Å²) in [5.41, 5.74) is 2.84. The molecule has 0 saturated heterocycles. The molecule has 0 unspecified atom stereocenters. The number of hydrogen-bond donors (Lipinski definition) is 1. The van der Waals surface area contributed by atoms with Crippen molar-refractivity contribution in [3.8, 4) is 23.1 Å². The second-order valence-electron chi connectivity index (χ2n) is 3.54. The van der Waals surface area contributed by atoms with Gasteiger partial charge in [0.05, 0.1) is 5.69 Å². The van der Waals surface area contributed by atoms with Gasteiger partial charge in [-0.3, -0.25) is 0 Å². The van der Waals surface area contributed by atoms with E-state index in [2.05, 4.69) is 4.98 Å². The second-order valence-corrected chi connectivity index (χ2v) is 3.54. The Bertz CT molecular complexity index is 553. The molecule has 1 aromatic carbocycles. The largest absolute Gasteiger partial charge is 0.505 e. The van der Waals surface area contributed by atoms with Crippen LogP contribution in [0.3, 0.4) is 0 Å². The molecule has 78 valence electrons. The van der Waals surface area contributed by atoms with Crippen molar-refractivity contribution in [2.75, 3.05) is 0 Å². The fraction of sp³-hybridized carbons (Fsp3) is 0.0769. The minimum Gasteiger partial charge on any atom is -0.505 e. The van der Waals surface area contributed by atoms with Crippen molar-refractivity contribution >= 4 is 0 Å². The highest BCUT2D eigenvalue weighted by molar-refractivity contribution is 5.61. The number of pyridine rings is 1. The Balaban J connectivity index is 2.49. The number of aromatic nitrogens is 1. The van der Waals surface area contributed by atoms with Gasteiger partial charge >= 0.3 is 0 Å². The summed E-state index contributed by atoms with van der Waals surface area (Å²) in [6.07, 6.45) is 0. The third-order valence-corrected chi connectivity index (χ3v) is 2.33. The van der Waals surface area contributed by atoms with Crippen molar-refractivity contribution < 1.29 is 5.11 Å². The summed E-state index contributed by atoms with van der Waals surface area (Å²) < 4.78 is 0. The smallest absolute Gasteiger partial charge is 0.182 e. The number of rotatable bonds is 1. The van der Waals surface area contributed by atoms with E-state index in [-0.39, 0.29) is 11.4 Å². The van der Waals surface area contributed by atoms with Gasteiger partial charge < -0.3 is 5.11 Å². The average molecular weight is 210 g/mol. The van der Waals surface area contributed by atoms with E-state index >= 15 is 0 Å². The highest BCUT2D eigenvalue weighted by atomic mass is 16.3. The van der Waals surface area contributed by atoms with E-state index in [1.165, 1.54) is 11.6 Å². The standard InChI is InChI=1S/C13H10N2O/c1-9-2-4-10(5-3-9)11-6-7-13(16)12(8-14)15-11/h2-7,16H,1H3. The third-order valence-electron chi connectivity index (χ3n) is 2.33. The summed E-state index contributed by atoms with van der Waals surface area (Å²) in [6, 6.07) is 12.9. The maximum atomic E-state index is 9.34. The molecule has 16 heavy (non-hydrogen) atoms. The van der Waals surface area contributed by atoms with Gasteiger partial charge in [0.25, 0.3) is 0 Å². The highest BCUT2D eigenvalue weighted by Crippen LogP contribution is 2.22. The zero-order valence-corrected chi connectivity index (χ0v) is 8.81. The first-order chi connectivity index (χ1) is 7.70. The second kappa shape index (κ2) is 4.03. The van der Waals surface area contributed by atoms with Crippen molar-refractivity contribution in [1.82, 2.24) is 4.98 Å². The Morgan fingerprint density at radius 1 is 1.12 bits per heavy atom. The van der Waals surface area contributed by atoms with Crippen LogP contribution in [0.25, 0.3) is 11.3 Å². The quantitative estimate of drug-likeness (QED) is 0.787. The van der Waals surface area contributed by atoms with Gasteiger partial charge in [0.1, 0.15) is 6.07 Å². The van der Waals surface area contributed by atoms with Crippen molar-refractivity contribution in [2.24, 2.45) is 0 Å². The van der Waals surface area contributed by atoms with E-state index in [9.17, 15) is 5.11 Å². The lowest BCUT2D eigenvalue weighted by Crippen LogP contribution is -1.88. The van der Waals surface area contributed by atoms with Crippen LogP contribution in [0.2, 0.25) is 0 Å². The monoisotopic (exact) mass is 210 g/mol. The SMILES string of the molecule is Cc1ccc(-c2ccc(O)c(C#N)n2)cc1. The molecule has 0 radical (unpaired) electrons. The fourth-order valence-electron chi connectivity index (χ4n) is 1.42. The van der Waals surface area contributed by atoms with Gasteiger partial charge in [-0.25, -0.2) is 4.98 Å². The Kier molecular flexibility index (Phi) is 2.57. The molecule has 0 saturated carbocycles. The summed E-state index contributed by atoms with van der Waals surface area (Å²) in [5, 5.41) is 18.1. The lowest BCUT2D eigenvalue weighted by Gasteiger charge is -2.02. The predicted octanol–water partition coefficient (Wildman–Crippen LogP) is 2.63. The Hall–Kier alpha value is -2.34. The molecule has 0 fully saturated rings. The van der Waals surface area contributed by atoms with Gasteiger partial charge in [0.15, 0.2) is 11.4 Å². The summed E-state index contributed by atoms with van der Waals surface area (Å²) >= 11 is 0. The molecule has 1 aromatic heterocycles. The van der Waals surface area contributed by atoms with Gasteiger partial charge in [-0.2, -0.15) is 5.26 Å². The van der Waals surface area contributed by atoms with Crippen LogP contribution in [0.1, 0.15) is 11.3 Å². The van der Waals surface area contributed by atoms with Crippen LogP contribution in [-0.2, 0) is 0 Å². The molecule has 2 aromatic rings. The third kappa shape index (κ3) is 1.86. The number of nitrogens with zero attached hydrogens (tertiary/aromatic N) is 2. The average Bonchev–Trinajstić information content (AvgIpc) is 2.31. The van der Waals surface area contributed by atoms with E-state index in [4.69, 9.17) is 5.26 Å². The molecule has 0 spiro atoms. The number of aromatic hydroxyl groups is 1. The van der Waals surface area contributed by atoms with Crippen molar-refractivity contribution in [2.45, 2.75) is 6.92 Å². The molecule has 3 nitrogen and oxygen atoms in total. The summed E-state index contributed by atoms with van der Waals surface area (Å²) in [5.74, 6) is -0.0849. The van der Waals surface area contributed by atoms with E-state index in [0.29, 0.717) is 5.69 Å². The van der Waals surface area contributed by atoms with Crippen molar-refractivity contribution in [3.63, 3.8) is 0 Å². The normalized spacial score (nSPS) is 9.75. The fourth-order valence-corrected chi connectivity index (χ4v) is 1.42. The van der Waals surface area contributed by atoms with Crippen LogP contribution in [-0.4, -0.2) is 10.1 Å². The van der Waals surface area contributed by atoms with E-state index in [1.807, 2.05) is 37.3 Å². The summed E-state index contributed by atoms with van der Waals surface area (Å²) in [4.78, 5) is 4.08. The molecule has 0 aliphatic rings. The van der Waals surface area contributed by atoms with Crippen LogP contribution < -0.4 is 0 Å². The first-order valence-corrected chi connectivity index (χ1v) is 4.88. The Morgan fingerprint density at radius 3 is 2.44 bits per heavy atom.